The van der Waals surface area contributed by atoms with Crippen LogP contribution < -0.4 is 0 Å². The third kappa shape index (κ3) is 2.06. The molecular weight excluding hydrogens is 212 g/mol. The Morgan fingerprint density at radius 2 is 1.94 bits per heavy atom. The largest absolute Gasteiger partial charge is 0.392 e. The smallest absolute Gasteiger partial charge is 0.135 e. The van der Waals surface area contributed by atoms with Gasteiger partial charge in [0.15, 0.2) is 0 Å². The maximum Gasteiger partial charge on any atom is 0.135 e. The average molecular weight is 221 g/mol. The molecule has 0 radical (unpaired) electrons. The minimum Gasteiger partial charge on any atom is -0.392 e. The Hall–Kier alpha value is -1.81. The van der Waals surface area contributed by atoms with Crippen molar-refractivity contribution in [2.24, 2.45) is 0 Å². The fourth-order valence-electron chi connectivity index (χ4n) is 1.37. The van der Waals surface area contributed by atoms with E-state index in [9.17, 15) is 8.78 Å². The lowest BCUT2D eigenvalue weighted by molar-refractivity contribution is 0.281. The molecule has 2 nitrogen and oxygen atoms in total. The van der Waals surface area contributed by atoms with E-state index in [0.29, 0.717) is 11.3 Å². The lowest BCUT2D eigenvalue weighted by Crippen LogP contribution is -1.91. The van der Waals surface area contributed by atoms with Crippen molar-refractivity contribution in [2.75, 3.05) is 0 Å². The Morgan fingerprint density at radius 1 is 1.12 bits per heavy atom. The molecule has 82 valence electrons. The molecule has 2 aromatic rings. The monoisotopic (exact) mass is 221 g/mol. The van der Waals surface area contributed by atoms with Crippen LogP contribution in [-0.4, -0.2) is 10.1 Å². The number of rotatable bonds is 2. The van der Waals surface area contributed by atoms with Crippen molar-refractivity contribution in [3.05, 3.63) is 53.7 Å². The summed E-state index contributed by atoms with van der Waals surface area (Å²) in [6.07, 6.45) is 1.46. The summed E-state index contributed by atoms with van der Waals surface area (Å²) in [4.78, 5) is 3.99. The zero-order valence-corrected chi connectivity index (χ0v) is 8.32. The summed E-state index contributed by atoms with van der Waals surface area (Å²) in [5.74, 6) is -1.27. The van der Waals surface area contributed by atoms with Crippen molar-refractivity contribution in [1.29, 1.82) is 0 Å². The second-order valence-electron chi connectivity index (χ2n) is 3.33. The van der Waals surface area contributed by atoms with Gasteiger partial charge in [0.05, 0.1) is 12.3 Å². The average Bonchev–Trinajstić information content (AvgIpc) is 2.29. The number of hydrogen-bond acceptors (Lipinski definition) is 2. The van der Waals surface area contributed by atoms with E-state index in [1.807, 2.05) is 0 Å². The Labute approximate surface area is 91.2 Å². The van der Waals surface area contributed by atoms with Gasteiger partial charge in [-0.3, -0.25) is 4.98 Å². The molecule has 0 aliphatic heterocycles. The number of aliphatic hydroxyl groups excluding tert-OH is 1. The van der Waals surface area contributed by atoms with E-state index < -0.39 is 11.6 Å². The predicted molar refractivity (Wildman–Crippen MR) is 55.5 cm³/mol. The van der Waals surface area contributed by atoms with Crippen LogP contribution in [0.5, 0.6) is 0 Å². The maximum absolute atomic E-state index is 13.4. The first kappa shape index (κ1) is 10.7. The van der Waals surface area contributed by atoms with Crippen LogP contribution in [0.3, 0.4) is 0 Å². The van der Waals surface area contributed by atoms with Crippen LogP contribution in [0.15, 0.2) is 36.5 Å². The lowest BCUT2D eigenvalue weighted by atomic mass is 10.1. The molecule has 0 saturated heterocycles. The van der Waals surface area contributed by atoms with E-state index in [1.54, 1.807) is 12.1 Å². The van der Waals surface area contributed by atoms with Crippen LogP contribution in [0.4, 0.5) is 8.78 Å². The lowest BCUT2D eigenvalue weighted by Gasteiger charge is -2.03. The number of aromatic nitrogens is 1. The number of nitrogens with zero attached hydrogens (tertiary/aromatic N) is 1. The van der Waals surface area contributed by atoms with Crippen molar-refractivity contribution in [2.45, 2.75) is 6.61 Å². The minimum absolute atomic E-state index is 0.112. The SMILES string of the molecule is OCc1ccc(-c2ccc(F)cc2F)nc1. The highest BCUT2D eigenvalue weighted by Crippen LogP contribution is 2.21. The Kier molecular flexibility index (Phi) is 2.92. The molecule has 1 aromatic heterocycles. The fraction of sp³-hybridized carbons (Fsp3) is 0.0833. The van der Waals surface area contributed by atoms with Crippen LogP contribution in [0.2, 0.25) is 0 Å². The fourth-order valence-corrected chi connectivity index (χ4v) is 1.37. The van der Waals surface area contributed by atoms with Crippen LogP contribution in [0.25, 0.3) is 11.3 Å². The van der Waals surface area contributed by atoms with Gasteiger partial charge in [0.1, 0.15) is 11.6 Å². The number of aliphatic hydroxyl groups is 1. The molecule has 16 heavy (non-hydrogen) atoms. The summed E-state index contributed by atoms with van der Waals surface area (Å²) in [6, 6.07) is 6.57. The van der Waals surface area contributed by atoms with E-state index in [1.165, 1.54) is 18.3 Å². The topological polar surface area (TPSA) is 33.1 Å². The van der Waals surface area contributed by atoms with Crippen molar-refractivity contribution >= 4 is 0 Å². The molecule has 1 heterocycles. The van der Waals surface area contributed by atoms with Crippen molar-refractivity contribution in [3.63, 3.8) is 0 Å². The van der Waals surface area contributed by atoms with Gasteiger partial charge in [0.25, 0.3) is 0 Å². The van der Waals surface area contributed by atoms with Crippen molar-refractivity contribution in [1.82, 2.24) is 4.98 Å². The molecule has 0 aliphatic carbocycles. The molecule has 0 atom stereocenters. The summed E-state index contributed by atoms with van der Waals surface area (Å²) < 4.78 is 26.1. The Bertz CT molecular complexity index is 497. The van der Waals surface area contributed by atoms with Gasteiger partial charge in [-0.25, -0.2) is 8.78 Å². The first-order valence-electron chi connectivity index (χ1n) is 4.72. The quantitative estimate of drug-likeness (QED) is 0.845. The molecule has 4 heteroatoms. The third-order valence-electron chi connectivity index (χ3n) is 2.21. The summed E-state index contributed by atoms with van der Waals surface area (Å²) in [6.45, 7) is -0.112. The normalized spacial score (nSPS) is 10.4. The molecule has 0 saturated carbocycles. The van der Waals surface area contributed by atoms with Gasteiger partial charge in [-0.15, -0.1) is 0 Å². The molecule has 1 N–H and O–H groups in total. The highest BCUT2D eigenvalue weighted by molar-refractivity contribution is 5.59. The Balaban J connectivity index is 2.42. The van der Waals surface area contributed by atoms with Crippen LogP contribution >= 0.6 is 0 Å². The zero-order chi connectivity index (χ0) is 11.5. The third-order valence-corrected chi connectivity index (χ3v) is 2.21. The van der Waals surface area contributed by atoms with E-state index in [2.05, 4.69) is 4.98 Å². The van der Waals surface area contributed by atoms with Crippen LogP contribution in [0.1, 0.15) is 5.56 Å². The molecule has 0 bridgehead atoms. The molecular formula is C12H9F2NO. The number of hydrogen-bond donors (Lipinski definition) is 1. The van der Waals surface area contributed by atoms with E-state index in [-0.39, 0.29) is 12.2 Å². The summed E-state index contributed by atoms with van der Waals surface area (Å²) >= 11 is 0. The molecule has 1 aromatic carbocycles. The molecule has 0 aliphatic rings. The van der Waals surface area contributed by atoms with E-state index >= 15 is 0 Å². The van der Waals surface area contributed by atoms with Crippen LogP contribution in [-0.2, 0) is 6.61 Å². The molecule has 2 rings (SSSR count). The van der Waals surface area contributed by atoms with Crippen molar-refractivity contribution in [3.8, 4) is 11.3 Å². The van der Waals surface area contributed by atoms with Gasteiger partial charge >= 0.3 is 0 Å². The first-order valence-corrected chi connectivity index (χ1v) is 4.72. The van der Waals surface area contributed by atoms with Gasteiger partial charge in [-0.1, -0.05) is 6.07 Å². The first-order chi connectivity index (χ1) is 7.70. The highest BCUT2D eigenvalue weighted by Gasteiger charge is 2.07. The summed E-state index contributed by atoms with van der Waals surface area (Å²) in [5, 5.41) is 8.83. The zero-order valence-electron chi connectivity index (χ0n) is 8.32. The van der Waals surface area contributed by atoms with E-state index in [0.717, 1.165) is 6.07 Å². The van der Waals surface area contributed by atoms with E-state index in [4.69, 9.17) is 5.11 Å². The van der Waals surface area contributed by atoms with Gasteiger partial charge in [0.2, 0.25) is 0 Å². The van der Waals surface area contributed by atoms with Crippen molar-refractivity contribution < 1.29 is 13.9 Å². The molecule has 0 unspecified atom stereocenters. The second-order valence-corrected chi connectivity index (χ2v) is 3.33. The number of halogens is 2. The molecule has 0 spiro atoms. The van der Waals surface area contributed by atoms with Gasteiger partial charge in [0, 0.05) is 17.8 Å². The standard InChI is InChI=1S/C12H9F2NO/c13-9-2-3-10(11(14)5-9)12-4-1-8(7-16)6-15-12/h1-6,16H,7H2. The van der Waals surface area contributed by atoms with Gasteiger partial charge in [-0.2, -0.15) is 0 Å². The molecule has 0 amide bonds. The van der Waals surface area contributed by atoms with Gasteiger partial charge < -0.3 is 5.11 Å². The van der Waals surface area contributed by atoms with Gasteiger partial charge in [-0.05, 0) is 23.8 Å². The minimum atomic E-state index is -0.649. The summed E-state index contributed by atoms with van der Waals surface area (Å²) in [5.41, 5.74) is 1.30. The maximum atomic E-state index is 13.4. The van der Waals surface area contributed by atoms with Crippen LogP contribution in [0, 0.1) is 11.6 Å². The number of pyridine rings is 1. The number of benzene rings is 1. The predicted octanol–water partition coefficient (Wildman–Crippen LogP) is 2.52. The second kappa shape index (κ2) is 4.37. The molecule has 0 fully saturated rings. The Morgan fingerprint density at radius 3 is 2.50 bits per heavy atom. The highest BCUT2D eigenvalue weighted by atomic mass is 19.1. The summed E-state index contributed by atoms with van der Waals surface area (Å²) in [7, 11) is 0.